The number of carbonyl (C=O) groups is 1. The average molecular weight is 206 g/mol. The third-order valence-corrected chi connectivity index (χ3v) is 2.12. The monoisotopic (exact) mass is 206 g/mol. The molecule has 0 saturated carbocycles. The summed E-state index contributed by atoms with van der Waals surface area (Å²) in [5.74, 6) is 0. The molecular formula is C12H14O3. The summed E-state index contributed by atoms with van der Waals surface area (Å²) < 4.78 is 5.18. The van der Waals surface area contributed by atoms with Gasteiger partial charge in [-0.1, -0.05) is 36.9 Å². The molecule has 1 unspecified atom stereocenters. The van der Waals surface area contributed by atoms with E-state index in [1.54, 1.807) is 0 Å². The van der Waals surface area contributed by atoms with Crippen molar-refractivity contribution in [1.29, 1.82) is 0 Å². The zero-order valence-corrected chi connectivity index (χ0v) is 8.43. The van der Waals surface area contributed by atoms with E-state index in [1.165, 1.54) is 11.1 Å². The van der Waals surface area contributed by atoms with Gasteiger partial charge < -0.3 is 9.84 Å². The van der Waals surface area contributed by atoms with E-state index in [0.717, 1.165) is 13.0 Å². The Morgan fingerprint density at radius 2 is 2.13 bits per heavy atom. The molecule has 1 saturated heterocycles. The van der Waals surface area contributed by atoms with Crippen LogP contribution in [-0.2, 0) is 16.0 Å². The van der Waals surface area contributed by atoms with Gasteiger partial charge in [-0.15, -0.1) is 0 Å². The van der Waals surface area contributed by atoms with Crippen molar-refractivity contribution in [2.24, 2.45) is 0 Å². The van der Waals surface area contributed by atoms with Crippen molar-refractivity contribution in [1.82, 2.24) is 0 Å². The van der Waals surface area contributed by atoms with Crippen molar-refractivity contribution < 1.29 is 14.6 Å². The van der Waals surface area contributed by atoms with Gasteiger partial charge in [0.1, 0.15) is 0 Å². The second kappa shape index (κ2) is 5.98. The van der Waals surface area contributed by atoms with Crippen LogP contribution in [0.25, 0.3) is 6.08 Å². The van der Waals surface area contributed by atoms with E-state index in [9.17, 15) is 0 Å². The van der Waals surface area contributed by atoms with Crippen LogP contribution >= 0.6 is 0 Å². The van der Waals surface area contributed by atoms with Gasteiger partial charge in [0.25, 0.3) is 6.47 Å². The molecule has 15 heavy (non-hydrogen) atoms. The third kappa shape index (κ3) is 3.95. The topological polar surface area (TPSA) is 49.8 Å². The van der Waals surface area contributed by atoms with Crippen molar-refractivity contribution in [2.45, 2.75) is 12.5 Å². The highest BCUT2D eigenvalue weighted by Crippen LogP contribution is 2.19. The predicted molar refractivity (Wildman–Crippen MR) is 58.7 cm³/mol. The fraction of sp³-hybridized carbons (Fsp3) is 0.250. The zero-order valence-electron chi connectivity index (χ0n) is 8.43. The molecule has 1 fully saturated rings. The molecule has 0 spiro atoms. The van der Waals surface area contributed by atoms with Crippen molar-refractivity contribution in [3.8, 4) is 0 Å². The van der Waals surface area contributed by atoms with Crippen LogP contribution in [0.5, 0.6) is 0 Å². The first-order valence-electron chi connectivity index (χ1n) is 4.71. The van der Waals surface area contributed by atoms with Gasteiger partial charge in [0.2, 0.25) is 0 Å². The summed E-state index contributed by atoms with van der Waals surface area (Å²) in [4.78, 5) is 8.36. The summed E-state index contributed by atoms with van der Waals surface area (Å²) in [6, 6.07) is 8.32. The van der Waals surface area contributed by atoms with Crippen LogP contribution in [0.2, 0.25) is 0 Å². The third-order valence-electron chi connectivity index (χ3n) is 2.12. The maximum absolute atomic E-state index is 8.36. The Labute approximate surface area is 89.0 Å². The first-order chi connectivity index (χ1) is 7.31. The number of carboxylic acid groups (broad SMARTS) is 1. The number of benzene rings is 1. The van der Waals surface area contributed by atoms with E-state index >= 15 is 0 Å². The van der Waals surface area contributed by atoms with Gasteiger partial charge in [0, 0.05) is 6.42 Å². The molecule has 1 N–H and O–H groups in total. The molecule has 1 aromatic rings. The molecule has 1 aliphatic heterocycles. The van der Waals surface area contributed by atoms with Crippen molar-refractivity contribution in [3.05, 3.63) is 42.0 Å². The Hall–Kier alpha value is -1.61. The van der Waals surface area contributed by atoms with Crippen LogP contribution in [0.4, 0.5) is 0 Å². The van der Waals surface area contributed by atoms with Gasteiger partial charge in [-0.2, -0.15) is 0 Å². The summed E-state index contributed by atoms with van der Waals surface area (Å²) in [6.45, 7) is 4.45. The second-order valence-corrected chi connectivity index (χ2v) is 3.17. The molecule has 1 aliphatic rings. The van der Waals surface area contributed by atoms with E-state index < -0.39 is 0 Å². The Balaban J connectivity index is 0.000000337. The second-order valence-electron chi connectivity index (χ2n) is 3.17. The Morgan fingerprint density at radius 3 is 2.67 bits per heavy atom. The van der Waals surface area contributed by atoms with Crippen molar-refractivity contribution in [2.75, 3.05) is 6.61 Å². The van der Waals surface area contributed by atoms with Crippen molar-refractivity contribution >= 4 is 12.5 Å². The van der Waals surface area contributed by atoms with Crippen LogP contribution in [0.15, 0.2) is 30.8 Å². The van der Waals surface area contributed by atoms with Gasteiger partial charge >= 0.3 is 0 Å². The lowest BCUT2D eigenvalue weighted by Gasteiger charge is -2.02. The van der Waals surface area contributed by atoms with E-state index in [2.05, 4.69) is 24.8 Å². The maximum atomic E-state index is 8.36. The smallest absolute Gasteiger partial charge is 0.290 e. The molecule has 0 radical (unpaired) electrons. The lowest BCUT2D eigenvalue weighted by atomic mass is 10.0. The van der Waals surface area contributed by atoms with Crippen LogP contribution in [0, 0.1) is 0 Å². The van der Waals surface area contributed by atoms with E-state index in [4.69, 9.17) is 14.6 Å². The van der Waals surface area contributed by atoms with Gasteiger partial charge in [-0.05, 0) is 11.1 Å². The fourth-order valence-electron chi connectivity index (χ4n) is 1.35. The molecule has 2 rings (SSSR count). The summed E-state index contributed by atoms with van der Waals surface area (Å²) in [5, 5.41) is 6.89. The molecule has 80 valence electrons. The summed E-state index contributed by atoms with van der Waals surface area (Å²) >= 11 is 0. The van der Waals surface area contributed by atoms with E-state index in [0.29, 0.717) is 6.10 Å². The van der Waals surface area contributed by atoms with Gasteiger partial charge in [0.05, 0.1) is 12.7 Å². The fourth-order valence-corrected chi connectivity index (χ4v) is 1.35. The number of hydrogen-bond donors (Lipinski definition) is 1. The first-order valence-corrected chi connectivity index (χ1v) is 4.71. The summed E-state index contributed by atoms with van der Waals surface area (Å²) in [5.41, 5.74) is 2.57. The normalized spacial score (nSPS) is 17.2. The molecular weight excluding hydrogens is 192 g/mol. The largest absolute Gasteiger partial charge is 0.483 e. The Morgan fingerprint density at radius 1 is 1.53 bits per heavy atom. The molecule has 0 aliphatic carbocycles. The number of ether oxygens (including phenoxy) is 1. The minimum Gasteiger partial charge on any atom is -0.483 e. The van der Waals surface area contributed by atoms with Crippen LogP contribution in [-0.4, -0.2) is 24.3 Å². The minimum atomic E-state index is -0.250. The Bertz CT molecular complexity index is 329. The number of rotatable bonds is 3. The standard InChI is InChI=1S/C11H12O.CH2O2/c1-2-9-5-3-4-6-10(9)7-11-8-12-11;2-1-3/h2-6,11H,1,7-8H2;1H,(H,2,3). The average Bonchev–Trinajstić information content (AvgIpc) is 3.04. The molecule has 1 atom stereocenters. The zero-order chi connectivity index (χ0) is 11.1. The Kier molecular flexibility index (Phi) is 4.57. The SMILES string of the molecule is C=Cc1ccccc1CC1CO1.O=CO. The van der Waals surface area contributed by atoms with Crippen molar-refractivity contribution in [3.63, 3.8) is 0 Å². The molecule has 0 bridgehead atoms. The van der Waals surface area contributed by atoms with Crippen LogP contribution < -0.4 is 0 Å². The first kappa shape index (κ1) is 11.5. The highest BCUT2D eigenvalue weighted by atomic mass is 16.6. The maximum Gasteiger partial charge on any atom is 0.290 e. The highest BCUT2D eigenvalue weighted by molar-refractivity contribution is 5.51. The van der Waals surface area contributed by atoms with E-state index in [1.807, 2.05) is 12.1 Å². The quantitative estimate of drug-likeness (QED) is 0.607. The molecule has 3 nitrogen and oxygen atoms in total. The number of hydrogen-bond acceptors (Lipinski definition) is 2. The lowest BCUT2D eigenvalue weighted by molar-refractivity contribution is -0.122. The lowest BCUT2D eigenvalue weighted by Crippen LogP contribution is -1.94. The van der Waals surface area contributed by atoms with Gasteiger partial charge in [0.15, 0.2) is 0 Å². The van der Waals surface area contributed by atoms with Gasteiger partial charge in [-0.3, -0.25) is 4.79 Å². The molecule has 3 heteroatoms. The number of epoxide rings is 1. The molecule has 0 amide bonds. The predicted octanol–water partition coefficient (Wildman–Crippen LogP) is 1.97. The summed E-state index contributed by atoms with van der Waals surface area (Å²) in [7, 11) is 0. The van der Waals surface area contributed by atoms with Crippen LogP contribution in [0.3, 0.4) is 0 Å². The summed E-state index contributed by atoms with van der Waals surface area (Å²) in [6.07, 6.45) is 3.39. The van der Waals surface area contributed by atoms with Crippen LogP contribution in [0.1, 0.15) is 11.1 Å². The minimum absolute atomic E-state index is 0.250. The van der Waals surface area contributed by atoms with Gasteiger partial charge in [-0.25, -0.2) is 0 Å². The molecule has 1 aromatic carbocycles. The highest BCUT2D eigenvalue weighted by Gasteiger charge is 2.22. The molecule has 1 heterocycles. The molecule has 0 aromatic heterocycles. The van der Waals surface area contributed by atoms with E-state index in [-0.39, 0.29) is 6.47 Å².